The highest BCUT2D eigenvalue weighted by Gasteiger charge is 2.59. The van der Waals surface area contributed by atoms with Crippen LogP contribution in [0.2, 0.25) is 0 Å². The number of nitro groups is 1. The SMILES string of the molecule is CC(O)C1=C(C(=O)OCc2ccc([N+](=O)[O-])cc2)C2(C)CCC2C1=O. The normalized spacial score (nSPS) is 26.0. The molecule has 0 heterocycles. The summed E-state index contributed by atoms with van der Waals surface area (Å²) in [6.07, 6.45) is 0.406. The van der Waals surface area contributed by atoms with Crippen molar-refractivity contribution in [1.29, 1.82) is 0 Å². The number of non-ortho nitro benzene ring substituents is 1. The van der Waals surface area contributed by atoms with Gasteiger partial charge in [0, 0.05) is 29.0 Å². The van der Waals surface area contributed by atoms with Gasteiger partial charge in [0.2, 0.25) is 0 Å². The Balaban J connectivity index is 1.77. The highest BCUT2D eigenvalue weighted by atomic mass is 16.6. The molecule has 1 fully saturated rings. The molecule has 7 heteroatoms. The van der Waals surface area contributed by atoms with Crippen LogP contribution in [0.1, 0.15) is 32.3 Å². The third-order valence-electron chi connectivity index (χ3n) is 5.28. The van der Waals surface area contributed by atoms with E-state index in [-0.39, 0.29) is 35.1 Å². The van der Waals surface area contributed by atoms with E-state index in [1.54, 1.807) is 0 Å². The molecule has 7 nitrogen and oxygen atoms in total. The lowest BCUT2D eigenvalue weighted by molar-refractivity contribution is -0.384. The summed E-state index contributed by atoms with van der Waals surface area (Å²) in [6.45, 7) is 3.28. The van der Waals surface area contributed by atoms with Gasteiger partial charge in [-0.2, -0.15) is 0 Å². The molecule has 1 N–H and O–H groups in total. The topological polar surface area (TPSA) is 107 Å². The Morgan fingerprint density at radius 2 is 2.08 bits per heavy atom. The number of rotatable bonds is 5. The van der Waals surface area contributed by atoms with E-state index < -0.39 is 22.4 Å². The Bertz CT molecular complexity index is 779. The number of nitrogens with zero attached hydrogens (tertiary/aromatic N) is 1. The standard InChI is InChI=1S/C18H19NO6/c1-10(20)14-15(18(2)8-7-13(18)16(14)21)17(22)25-9-11-3-5-12(6-4-11)19(23)24/h3-6,10,13,20H,7-9H2,1-2H3. The average molecular weight is 345 g/mol. The number of aliphatic hydroxyl groups excluding tert-OH is 1. The molecule has 3 rings (SSSR count). The molecule has 0 amide bonds. The molecular weight excluding hydrogens is 326 g/mol. The number of carbonyl (C=O) groups excluding carboxylic acids is 2. The van der Waals surface area contributed by atoms with E-state index in [2.05, 4.69) is 0 Å². The van der Waals surface area contributed by atoms with Crippen LogP contribution in [0.5, 0.6) is 0 Å². The molecular formula is C18H19NO6. The second-order valence-corrected chi connectivity index (χ2v) is 6.84. The smallest absolute Gasteiger partial charge is 0.335 e. The quantitative estimate of drug-likeness (QED) is 0.498. The number of hydrogen-bond acceptors (Lipinski definition) is 6. The average Bonchev–Trinajstić information content (AvgIpc) is 2.70. The molecule has 1 saturated carbocycles. The lowest BCUT2D eigenvalue weighted by Crippen LogP contribution is -2.40. The van der Waals surface area contributed by atoms with Crippen LogP contribution in [-0.4, -0.2) is 27.9 Å². The molecule has 0 bridgehead atoms. The van der Waals surface area contributed by atoms with Crippen molar-refractivity contribution in [3.63, 3.8) is 0 Å². The van der Waals surface area contributed by atoms with Gasteiger partial charge in [0.25, 0.3) is 5.69 Å². The minimum atomic E-state index is -1.02. The van der Waals surface area contributed by atoms with Crippen LogP contribution in [0.4, 0.5) is 5.69 Å². The Morgan fingerprint density at radius 1 is 1.44 bits per heavy atom. The predicted molar refractivity (Wildman–Crippen MR) is 87.4 cm³/mol. The monoisotopic (exact) mass is 345 g/mol. The zero-order chi connectivity index (χ0) is 18.4. The fourth-order valence-electron chi connectivity index (χ4n) is 3.75. The van der Waals surface area contributed by atoms with Crippen molar-refractivity contribution in [3.05, 3.63) is 51.1 Å². The molecule has 132 valence electrons. The van der Waals surface area contributed by atoms with Gasteiger partial charge >= 0.3 is 5.97 Å². The summed E-state index contributed by atoms with van der Waals surface area (Å²) in [5.41, 5.74) is 0.457. The molecule has 2 aliphatic carbocycles. The van der Waals surface area contributed by atoms with Crippen molar-refractivity contribution in [2.45, 2.75) is 39.4 Å². The molecule has 1 aromatic carbocycles. The highest BCUT2D eigenvalue weighted by molar-refractivity contribution is 6.11. The third kappa shape index (κ3) is 2.74. The molecule has 0 aliphatic heterocycles. The van der Waals surface area contributed by atoms with Crippen LogP contribution in [0.15, 0.2) is 35.4 Å². The summed E-state index contributed by atoms with van der Waals surface area (Å²) < 4.78 is 5.33. The van der Waals surface area contributed by atoms with Crippen LogP contribution in [0, 0.1) is 21.4 Å². The fourth-order valence-corrected chi connectivity index (χ4v) is 3.75. The van der Waals surface area contributed by atoms with E-state index in [4.69, 9.17) is 4.74 Å². The van der Waals surface area contributed by atoms with E-state index in [0.717, 1.165) is 0 Å². The van der Waals surface area contributed by atoms with Gasteiger partial charge in [0.05, 0.1) is 16.6 Å². The van der Waals surface area contributed by atoms with Crippen molar-refractivity contribution >= 4 is 17.4 Å². The van der Waals surface area contributed by atoms with Crippen LogP contribution in [0.25, 0.3) is 0 Å². The summed E-state index contributed by atoms with van der Waals surface area (Å²) >= 11 is 0. The number of hydrogen-bond donors (Lipinski definition) is 1. The molecule has 0 spiro atoms. The van der Waals surface area contributed by atoms with Gasteiger partial charge in [-0.3, -0.25) is 14.9 Å². The zero-order valence-corrected chi connectivity index (χ0v) is 14.0. The minimum Gasteiger partial charge on any atom is -0.457 e. The molecule has 1 aromatic rings. The van der Waals surface area contributed by atoms with Gasteiger partial charge in [0.15, 0.2) is 5.78 Å². The van der Waals surface area contributed by atoms with Gasteiger partial charge in [-0.25, -0.2) is 4.79 Å². The number of Topliss-reactive ketones (excluding diaryl/α,β-unsaturated/α-hetero) is 1. The Morgan fingerprint density at radius 3 is 2.56 bits per heavy atom. The first-order valence-electron chi connectivity index (χ1n) is 8.13. The van der Waals surface area contributed by atoms with Gasteiger partial charge in [-0.05, 0) is 37.5 Å². The fraction of sp³-hybridized carbons (Fsp3) is 0.444. The summed E-state index contributed by atoms with van der Waals surface area (Å²) in [5, 5.41) is 20.6. The van der Waals surface area contributed by atoms with Gasteiger partial charge in [0.1, 0.15) is 6.61 Å². The largest absolute Gasteiger partial charge is 0.457 e. The Hall–Kier alpha value is -2.54. The van der Waals surface area contributed by atoms with Crippen molar-refractivity contribution in [2.24, 2.45) is 11.3 Å². The number of fused-ring (bicyclic) bond motifs is 1. The summed E-state index contributed by atoms with van der Waals surface area (Å²) in [7, 11) is 0. The maximum atomic E-state index is 12.6. The van der Waals surface area contributed by atoms with E-state index >= 15 is 0 Å². The van der Waals surface area contributed by atoms with E-state index in [9.17, 15) is 24.8 Å². The Kier molecular flexibility index (Phi) is 4.20. The van der Waals surface area contributed by atoms with Gasteiger partial charge in [-0.15, -0.1) is 0 Å². The number of ether oxygens (including phenoxy) is 1. The molecule has 0 saturated heterocycles. The van der Waals surface area contributed by atoms with Crippen LogP contribution < -0.4 is 0 Å². The molecule has 25 heavy (non-hydrogen) atoms. The van der Waals surface area contributed by atoms with Gasteiger partial charge in [-0.1, -0.05) is 6.92 Å². The van der Waals surface area contributed by atoms with Crippen molar-refractivity contribution < 1.29 is 24.4 Å². The molecule has 0 aromatic heterocycles. The van der Waals surface area contributed by atoms with E-state index in [0.29, 0.717) is 18.4 Å². The second-order valence-electron chi connectivity index (χ2n) is 6.84. The summed E-state index contributed by atoms with van der Waals surface area (Å²) in [5.74, 6) is -1.02. The predicted octanol–water partition coefficient (Wildman–Crippen LogP) is 2.31. The third-order valence-corrected chi connectivity index (χ3v) is 5.28. The molecule has 0 radical (unpaired) electrons. The number of nitro benzene ring substituents is 1. The first-order valence-corrected chi connectivity index (χ1v) is 8.13. The van der Waals surface area contributed by atoms with Crippen molar-refractivity contribution in [1.82, 2.24) is 0 Å². The Labute approximate surface area is 144 Å². The van der Waals surface area contributed by atoms with Crippen molar-refractivity contribution in [2.75, 3.05) is 0 Å². The first-order chi connectivity index (χ1) is 11.8. The summed E-state index contributed by atoms with van der Waals surface area (Å²) in [6, 6.07) is 5.71. The van der Waals surface area contributed by atoms with Gasteiger partial charge < -0.3 is 9.84 Å². The number of aliphatic hydroxyl groups is 1. The number of benzene rings is 1. The summed E-state index contributed by atoms with van der Waals surface area (Å²) in [4.78, 5) is 35.2. The maximum absolute atomic E-state index is 12.6. The number of esters is 1. The molecule has 3 atom stereocenters. The number of carbonyl (C=O) groups is 2. The molecule has 2 aliphatic rings. The lowest BCUT2D eigenvalue weighted by Gasteiger charge is -2.42. The van der Waals surface area contributed by atoms with Crippen LogP contribution >= 0.6 is 0 Å². The molecule has 3 unspecified atom stereocenters. The first kappa shape index (κ1) is 17.3. The minimum absolute atomic E-state index is 0.0413. The number of ketones is 1. The highest BCUT2D eigenvalue weighted by Crippen LogP contribution is 2.59. The second kappa shape index (κ2) is 6.07. The van der Waals surface area contributed by atoms with E-state index in [1.165, 1.54) is 31.2 Å². The maximum Gasteiger partial charge on any atom is 0.335 e. The van der Waals surface area contributed by atoms with Crippen LogP contribution in [-0.2, 0) is 20.9 Å². The lowest BCUT2D eigenvalue weighted by atomic mass is 9.60. The van der Waals surface area contributed by atoms with Crippen molar-refractivity contribution in [3.8, 4) is 0 Å². The zero-order valence-electron chi connectivity index (χ0n) is 14.0. The van der Waals surface area contributed by atoms with E-state index in [1.807, 2.05) is 6.92 Å². The van der Waals surface area contributed by atoms with Crippen LogP contribution in [0.3, 0.4) is 0 Å².